The van der Waals surface area contributed by atoms with Gasteiger partial charge in [-0.3, -0.25) is 0 Å². The van der Waals surface area contributed by atoms with Gasteiger partial charge in [-0.05, 0) is 37.8 Å². The fourth-order valence-corrected chi connectivity index (χ4v) is 2.96. The molecule has 7 heteroatoms. The number of aromatic carboxylic acids is 1. The molecule has 1 N–H and O–H groups in total. The second kappa shape index (κ2) is 6.50. The average Bonchev–Trinajstić information content (AvgIpc) is 3.19. The van der Waals surface area contributed by atoms with Crippen LogP contribution in [0.5, 0.6) is 11.5 Å². The maximum atomic E-state index is 11.0. The maximum absolute atomic E-state index is 11.0. The molecule has 0 radical (unpaired) electrons. The van der Waals surface area contributed by atoms with Crippen molar-refractivity contribution in [1.29, 1.82) is 0 Å². The molecule has 0 aliphatic heterocycles. The lowest BCUT2D eigenvalue weighted by atomic mass is 10.1. The summed E-state index contributed by atoms with van der Waals surface area (Å²) in [5.41, 5.74) is 0.267. The number of nitrogens with zero attached hydrogens (tertiary/aromatic N) is 1. The first kappa shape index (κ1) is 15.7. The molecule has 23 heavy (non-hydrogen) atoms. The molecule has 1 fully saturated rings. The van der Waals surface area contributed by atoms with Crippen LogP contribution in [0.2, 0.25) is 5.02 Å². The summed E-state index contributed by atoms with van der Waals surface area (Å²) in [5.74, 6) is 0.0427. The number of benzene rings is 1. The summed E-state index contributed by atoms with van der Waals surface area (Å²) in [6, 6.07) is 4.69. The molecule has 3 rings (SSSR count). The van der Waals surface area contributed by atoms with Gasteiger partial charge in [-0.25, -0.2) is 4.79 Å². The van der Waals surface area contributed by atoms with Crippen LogP contribution in [0.25, 0.3) is 11.3 Å². The van der Waals surface area contributed by atoms with Crippen molar-refractivity contribution in [3.05, 3.63) is 28.9 Å². The number of hydrogen-bond donors (Lipinski definition) is 1. The van der Waals surface area contributed by atoms with Gasteiger partial charge < -0.3 is 19.1 Å². The van der Waals surface area contributed by atoms with E-state index in [0.717, 1.165) is 25.7 Å². The molecule has 122 valence electrons. The molecule has 6 nitrogen and oxygen atoms in total. The van der Waals surface area contributed by atoms with Crippen molar-refractivity contribution in [1.82, 2.24) is 5.16 Å². The van der Waals surface area contributed by atoms with Crippen LogP contribution in [0.15, 0.2) is 22.7 Å². The summed E-state index contributed by atoms with van der Waals surface area (Å²) in [6.45, 7) is 0. The minimum absolute atomic E-state index is 0.0861. The van der Waals surface area contributed by atoms with Crippen LogP contribution in [-0.4, -0.2) is 29.4 Å². The van der Waals surface area contributed by atoms with Crippen LogP contribution in [0.1, 0.15) is 36.2 Å². The Balaban J connectivity index is 2.07. The Bertz CT molecular complexity index is 721. The third-order valence-electron chi connectivity index (χ3n) is 3.85. The molecule has 0 spiro atoms. The number of halogens is 1. The summed E-state index contributed by atoms with van der Waals surface area (Å²) in [4.78, 5) is 11.0. The molecular weight excluding hydrogens is 322 g/mol. The summed E-state index contributed by atoms with van der Waals surface area (Å²) >= 11 is 6.30. The van der Waals surface area contributed by atoms with Gasteiger partial charge >= 0.3 is 5.97 Å². The molecule has 1 aromatic carbocycles. The third-order valence-corrected chi connectivity index (χ3v) is 4.17. The number of carboxylic acid groups (broad SMARTS) is 1. The number of hydrogen-bond acceptors (Lipinski definition) is 5. The first-order valence-corrected chi connectivity index (χ1v) is 7.71. The zero-order chi connectivity index (χ0) is 16.4. The molecule has 0 atom stereocenters. The summed E-state index contributed by atoms with van der Waals surface area (Å²) in [7, 11) is 1.54. The van der Waals surface area contributed by atoms with E-state index >= 15 is 0 Å². The second-order valence-electron chi connectivity index (χ2n) is 5.36. The lowest BCUT2D eigenvalue weighted by Gasteiger charge is -2.19. The Morgan fingerprint density at radius 1 is 1.39 bits per heavy atom. The van der Waals surface area contributed by atoms with Gasteiger partial charge in [-0.15, -0.1) is 0 Å². The van der Waals surface area contributed by atoms with Gasteiger partial charge in [-0.2, -0.15) is 0 Å². The standard InChI is InChI=1S/C16H16ClNO5/c1-21-12-7-6-10(17)14(13-8-11(16(19)20)18-23-13)15(12)22-9-4-2-3-5-9/h6-9H,2-5H2,1H3,(H,19,20). The highest BCUT2D eigenvalue weighted by Gasteiger charge is 2.25. The molecule has 0 saturated heterocycles. The SMILES string of the molecule is COc1ccc(Cl)c(-c2cc(C(=O)O)no2)c1OC1CCCC1. The van der Waals surface area contributed by atoms with Crippen LogP contribution in [-0.2, 0) is 0 Å². The normalized spacial score (nSPS) is 14.9. The summed E-state index contributed by atoms with van der Waals surface area (Å²) < 4.78 is 16.6. The highest BCUT2D eigenvalue weighted by Crippen LogP contribution is 2.44. The lowest BCUT2D eigenvalue weighted by Crippen LogP contribution is -2.12. The van der Waals surface area contributed by atoms with Crippen LogP contribution >= 0.6 is 11.6 Å². The first-order chi connectivity index (χ1) is 11.1. The summed E-state index contributed by atoms with van der Waals surface area (Å²) in [6.07, 6.45) is 4.25. The Labute approximate surface area is 137 Å². The fraction of sp³-hybridized carbons (Fsp3) is 0.375. The molecule has 1 saturated carbocycles. The molecule has 0 bridgehead atoms. The second-order valence-corrected chi connectivity index (χ2v) is 5.77. The van der Waals surface area contributed by atoms with Gasteiger partial charge in [0.15, 0.2) is 23.0 Å². The Morgan fingerprint density at radius 3 is 2.74 bits per heavy atom. The average molecular weight is 338 g/mol. The summed E-state index contributed by atoms with van der Waals surface area (Å²) in [5, 5.41) is 12.9. The van der Waals surface area contributed by atoms with Crippen molar-refractivity contribution in [2.45, 2.75) is 31.8 Å². The molecule has 1 heterocycles. The monoisotopic (exact) mass is 337 g/mol. The molecule has 1 aliphatic carbocycles. The van der Waals surface area contributed by atoms with Crippen molar-refractivity contribution < 1.29 is 23.9 Å². The van der Waals surface area contributed by atoms with Crippen molar-refractivity contribution in [2.24, 2.45) is 0 Å². The van der Waals surface area contributed by atoms with Crippen molar-refractivity contribution in [2.75, 3.05) is 7.11 Å². The predicted octanol–water partition coefficient (Wildman–Crippen LogP) is 4.02. The van der Waals surface area contributed by atoms with E-state index in [1.807, 2.05) is 0 Å². The Kier molecular flexibility index (Phi) is 4.43. The Hall–Kier alpha value is -2.21. The molecule has 0 amide bonds. The van der Waals surface area contributed by atoms with Crippen molar-refractivity contribution in [3.63, 3.8) is 0 Å². The van der Waals surface area contributed by atoms with Gasteiger partial charge in [-0.1, -0.05) is 16.8 Å². The number of carbonyl (C=O) groups is 1. The van der Waals surface area contributed by atoms with Crippen LogP contribution in [0.4, 0.5) is 0 Å². The number of carboxylic acids is 1. The fourth-order valence-electron chi connectivity index (χ4n) is 2.71. The van der Waals surface area contributed by atoms with E-state index in [1.54, 1.807) is 12.1 Å². The lowest BCUT2D eigenvalue weighted by molar-refractivity contribution is 0.0686. The molecule has 1 aliphatic rings. The maximum Gasteiger partial charge on any atom is 0.358 e. The highest BCUT2D eigenvalue weighted by atomic mass is 35.5. The van der Waals surface area contributed by atoms with Gasteiger partial charge in [0.1, 0.15) is 0 Å². The van der Waals surface area contributed by atoms with E-state index in [4.69, 9.17) is 30.7 Å². The van der Waals surface area contributed by atoms with E-state index in [2.05, 4.69) is 5.16 Å². The topological polar surface area (TPSA) is 81.8 Å². The smallest absolute Gasteiger partial charge is 0.358 e. The number of rotatable bonds is 5. The van der Waals surface area contributed by atoms with Crippen molar-refractivity contribution >= 4 is 17.6 Å². The van der Waals surface area contributed by atoms with E-state index < -0.39 is 5.97 Å². The van der Waals surface area contributed by atoms with E-state index in [-0.39, 0.29) is 17.6 Å². The van der Waals surface area contributed by atoms with Gasteiger partial charge in [0.25, 0.3) is 0 Å². The van der Waals surface area contributed by atoms with Crippen LogP contribution in [0.3, 0.4) is 0 Å². The van der Waals surface area contributed by atoms with Crippen LogP contribution < -0.4 is 9.47 Å². The quantitative estimate of drug-likeness (QED) is 0.887. The van der Waals surface area contributed by atoms with E-state index in [1.165, 1.54) is 13.2 Å². The number of aromatic nitrogens is 1. The third kappa shape index (κ3) is 3.12. The number of methoxy groups -OCH3 is 1. The Morgan fingerprint density at radius 2 is 2.13 bits per heavy atom. The minimum Gasteiger partial charge on any atom is -0.493 e. The van der Waals surface area contributed by atoms with Gasteiger partial charge in [0.05, 0.1) is 23.8 Å². The van der Waals surface area contributed by atoms with E-state index in [0.29, 0.717) is 22.1 Å². The molecular formula is C16H16ClNO5. The zero-order valence-electron chi connectivity index (χ0n) is 12.5. The van der Waals surface area contributed by atoms with Gasteiger partial charge in [0.2, 0.25) is 0 Å². The number of ether oxygens (including phenoxy) is 2. The molecule has 2 aromatic rings. The highest BCUT2D eigenvalue weighted by molar-refractivity contribution is 6.33. The molecule has 1 aromatic heterocycles. The van der Waals surface area contributed by atoms with Gasteiger partial charge in [0, 0.05) is 6.07 Å². The van der Waals surface area contributed by atoms with Crippen LogP contribution in [0, 0.1) is 0 Å². The predicted molar refractivity (Wildman–Crippen MR) is 83.3 cm³/mol. The molecule has 0 unspecified atom stereocenters. The largest absolute Gasteiger partial charge is 0.493 e. The first-order valence-electron chi connectivity index (χ1n) is 7.33. The zero-order valence-corrected chi connectivity index (χ0v) is 13.3. The van der Waals surface area contributed by atoms with Crippen molar-refractivity contribution in [3.8, 4) is 22.8 Å². The van der Waals surface area contributed by atoms with E-state index in [9.17, 15) is 4.79 Å². The minimum atomic E-state index is -1.17.